The van der Waals surface area contributed by atoms with E-state index in [2.05, 4.69) is 40.9 Å². The number of likely N-dealkylation sites (N-methyl/N-ethyl adjacent to an activating group) is 1. The molecule has 2 bridgehead atoms. The molecule has 5 rings (SSSR count). The van der Waals surface area contributed by atoms with Crippen molar-refractivity contribution in [2.24, 2.45) is 11.8 Å². The van der Waals surface area contributed by atoms with E-state index >= 15 is 0 Å². The quantitative estimate of drug-likeness (QED) is 0.318. The highest BCUT2D eigenvalue weighted by Crippen LogP contribution is 2.34. The number of aryl methyl sites for hydroxylation is 1. The van der Waals surface area contributed by atoms with Crippen molar-refractivity contribution < 1.29 is 16.1 Å². The van der Waals surface area contributed by atoms with E-state index in [9.17, 15) is 8.78 Å². The predicted molar refractivity (Wildman–Crippen MR) is 141 cm³/mol. The minimum Gasteiger partial charge on any atom is -0.460 e. The van der Waals surface area contributed by atoms with Crippen LogP contribution in [0, 0.1) is 18.8 Å². The number of halogens is 2. The molecule has 6 heteroatoms. The summed E-state index contributed by atoms with van der Waals surface area (Å²) in [4.78, 5) is 4.63. The summed E-state index contributed by atoms with van der Waals surface area (Å²) in [6, 6.07) is 8.06. The summed E-state index contributed by atoms with van der Waals surface area (Å²) in [6.45, 7) is 9.35. The molecule has 3 aliphatic carbocycles. The molecule has 0 amide bonds. The van der Waals surface area contributed by atoms with Gasteiger partial charge in [0.15, 0.2) is 5.76 Å². The molecule has 0 radical (unpaired) electrons. The Bertz CT molecular complexity index is 1020. The zero-order valence-corrected chi connectivity index (χ0v) is 20.1. The largest absolute Gasteiger partial charge is 0.460 e. The van der Waals surface area contributed by atoms with Crippen LogP contribution in [0.5, 0.6) is 0 Å². The number of rotatable bonds is 8. The maximum atomic E-state index is 12.0. The van der Waals surface area contributed by atoms with Crippen molar-refractivity contribution in [2.45, 2.75) is 45.1 Å². The Balaban J connectivity index is 0.000000359. The van der Waals surface area contributed by atoms with Crippen LogP contribution in [0.1, 0.15) is 45.6 Å². The van der Waals surface area contributed by atoms with Gasteiger partial charge in [-0.05, 0) is 80.4 Å². The highest BCUT2D eigenvalue weighted by molar-refractivity contribution is 5.67. The maximum absolute atomic E-state index is 12.0. The SMILES string of the molecule is C=C/C(=C\c1nc(-c2ccc(C)o2)ccc1C=C)NC.FC(F)CNC1CC2C=C[C@@H](CC2)C1.[HH].[HH]. The van der Waals surface area contributed by atoms with Gasteiger partial charge in [0, 0.05) is 21.6 Å². The lowest BCUT2D eigenvalue weighted by Gasteiger charge is -2.18. The summed E-state index contributed by atoms with van der Waals surface area (Å²) in [5, 5.41) is 6.03. The fourth-order valence-electron chi connectivity index (χ4n) is 4.44. The number of pyridine rings is 1. The van der Waals surface area contributed by atoms with Gasteiger partial charge in [-0.3, -0.25) is 0 Å². The van der Waals surface area contributed by atoms with Crippen LogP contribution in [0.2, 0.25) is 0 Å². The van der Waals surface area contributed by atoms with Gasteiger partial charge in [0.2, 0.25) is 0 Å². The van der Waals surface area contributed by atoms with E-state index in [1.807, 2.05) is 44.3 Å². The van der Waals surface area contributed by atoms with Gasteiger partial charge in [0.05, 0.1) is 12.2 Å². The van der Waals surface area contributed by atoms with Crippen molar-refractivity contribution in [2.75, 3.05) is 13.6 Å². The number of fused-ring (bicyclic) bond motifs is 3. The van der Waals surface area contributed by atoms with Crippen molar-refractivity contribution in [3.63, 3.8) is 0 Å². The summed E-state index contributed by atoms with van der Waals surface area (Å²) >= 11 is 0. The molecule has 0 saturated heterocycles. The highest BCUT2D eigenvalue weighted by Gasteiger charge is 2.27. The smallest absolute Gasteiger partial charge is 0.250 e. The van der Waals surface area contributed by atoms with Crippen molar-refractivity contribution in [1.29, 1.82) is 0 Å². The van der Waals surface area contributed by atoms with E-state index in [1.165, 1.54) is 12.8 Å². The molecule has 3 atom stereocenters. The van der Waals surface area contributed by atoms with Crippen LogP contribution in [-0.2, 0) is 0 Å². The number of allylic oxidation sites excluding steroid dienone is 3. The van der Waals surface area contributed by atoms with Gasteiger partial charge >= 0.3 is 0 Å². The summed E-state index contributed by atoms with van der Waals surface area (Å²) in [5.41, 5.74) is 3.49. The van der Waals surface area contributed by atoms with E-state index in [1.54, 1.807) is 12.2 Å². The first-order chi connectivity index (χ1) is 16.4. The van der Waals surface area contributed by atoms with Crippen LogP contribution in [0.25, 0.3) is 23.6 Å². The first-order valence-corrected chi connectivity index (χ1v) is 11.8. The van der Waals surface area contributed by atoms with Crippen molar-refractivity contribution in [3.8, 4) is 11.5 Å². The fourth-order valence-corrected chi connectivity index (χ4v) is 4.44. The number of hydrogen-bond acceptors (Lipinski definition) is 4. The molecular weight excluding hydrogens is 432 g/mol. The molecule has 3 aliphatic rings. The Hall–Kier alpha value is -2.99. The average Bonchev–Trinajstić information content (AvgIpc) is 3.07. The van der Waals surface area contributed by atoms with Gasteiger partial charge in [0.25, 0.3) is 6.43 Å². The normalized spacial score (nSPS) is 21.6. The molecule has 2 N–H and O–H groups in total. The van der Waals surface area contributed by atoms with Gasteiger partial charge in [0.1, 0.15) is 11.5 Å². The fraction of sp³-hybridized carbons (Fsp3) is 0.393. The van der Waals surface area contributed by atoms with Gasteiger partial charge in [-0.1, -0.05) is 37.5 Å². The summed E-state index contributed by atoms with van der Waals surface area (Å²) in [7, 11) is 1.85. The zero-order valence-electron chi connectivity index (χ0n) is 20.1. The van der Waals surface area contributed by atoms with Gasteiger partial charge < -0.3 is 15.1 Å². The summed E-state index contributed by atoms with van der Waals surface area (Å²) < 4.78 is 29.7. The Morgan fingerprint density at radius 2 is 1.88 bits per heavy atom. The van der Waals surface area contributed by atoms with E-state index in [0.717, 1.165) is 47.0 Å². The second-order valence-electron chi connectivity index (χ2n) is 8.79. The molecule has 0 aliphatic heterocycles. The number of hydrogen-bond donors (Lipinski definition) is 2. The van der Waals surface area contributed by atoms with E-state index in [-0.39, 0.29) is 9.40 Å². The predicted octanol–water partition coefficient (Wildman–Crippen LogP) is 7.12. The molecule has 0 spiro atoms. The van der Waals surface area contributed by atoms with Crippen LogP contribution in [0.4, 0.5) is 8.78 Å². The van der Waals surface area contributed by atoms with E-state index in [4.69, 9.17) is 4.42 Å². The third-order valence-electron chi connectivity index (χ3n) is 6.27. The number of nitrogens with zero attached hydrogens (tertiary/aromatic N) is 1. The lowest BCUT2D eigenvalue weighted by atomic mass is 9.91. The zero-order chi connectivity index (χ0) is 24.5. The number of nitrogens with one attached hydrogen (secondary N) is 2. The molecule has 1 fully saturated rings. The second kappa shape index (κ2) is 12.5. The number of alkyl halides is 2. The minimum atomic E-state index is -2.22. The average molecular weight is 472 g/mol. The molecule has 2 aromatic rings. The molecule has 34 heavy (non-hydrogen) atoms. The third kappa shape index (κ3) is 7.26. The number of furan rings is 1. The first kappa shape index (κ1) is 25.6. The molecule has 1 saturated carbocycles. The van der Waals surface area contributed by atoms with Crippen molar-refractivity contribution >= 4 is 12.2 Å². The molecule has 2 aromatic heterocycles. The molecule has 2 unspecified atom stereocenters. The monoisotopic (exact) mass is 471 g/mol. The van der Waals surface area contributed by atoms with E-state index in [0.29, 0.717) is 17.9 Å². The third-order valence-corrected chi connectivity index (χ3v) is 6.27. The molecule has 4 nitrogen and oxygen atoms in total. The van der Waals surface area contributed by atoms with Crippen LogP contribution in [0.3, 0.4) is 0 Å². The van der Waals surface area contributed by atoms with Crippen molar-refractivity contribution in [1.82, 2.24) is 15.6 Å². The topological polar surface area (TPSA) is 50.1 Å². The second-order valence-corrected chi connectivity index (χ2v) is 8.79. The van der Waals surface area contributed by atoms with Gasteiger partial charge in [-0.2, -0.15) is 0 Å². The molecule has 186 valence electrons. The van der Waals surface area contributed by atoms with Crippen LogP contribution >= 0.6 is 0 Å². The van der Waals surface area contributed by atoms with E-state index < -0.39 is 6.43 Å². The van der Waals surface area contributed by atoms with Gasteiger partial charge in [-0.25, -0.2) is 13.8 Å². The molecular formula is C28H39F2N3O. The summed E-state index contributed by atoms with van der Waals surface area (Å²) in [5.74, 6) is 2.89. The van der Waals surface area contributed by atoms with Crippen LogP contribution < -0.4 is 10.6 Å². The maximum Gasteiger partial charge on any atom is 0.250 e. The standard InChI is InChI=1S/C17H18N2O.C11H17F2N.2H2/c1-5-13-8-9-15(17-10-7-12(3)20-17)19-16(13)11-14(6-2)18-4;12-11(13)7-14-10-5-8-1-2-9(6-10)4-3-8;;/h5-11,18H,1-2H2,3-4H3;1-2,8-11,14H,3-7H2;2*1H/b14-11+;;;/t;8-,9?,10?;;/m.0../s1. The molecule has 0 aromatic carbocycles. The Labute approximate surface area is 204 Å². The summed E-state index contributed by atoms with van der Waals surface area (Å²) in [6.07, 6.45) is 12.4. The highest BCUT2D eigenvalue weighted by atomic mass is 19.3. The number of aromatic nitrogens is 1. The van der Waals surface area contributed by atoms with Crippen molar-refractivity contribution in [3.05, 3.63) is 78.4 Å². The Morgan fingerprint density at radius 1 is 1.18 bits per heavy atom. The Kier molecular flexibility index (Phi) is 9.40. The first-order valence-electron chi connectivity index (χ1n) is 11.8. The van der Waals surface area contributed by atoms with Gasteiger partial charge in [-0.15, -0.1) is 0 Å². The van der Waals surface area contributed by atoms with Crippen LogP contribution in [-0.4, -0.2) is 31.0 Å². The lowest BCUT2D eigenvalue weighted by molar-refractivity contribution is 0.139. The minimum absolute atomic E-state index is 0. The van der Waals surface area contributed by atoms with Crippen LogP contribution in [0.15, 0.2) is 65.8 Å². The lowest BCUT2D eigenvalue weighted by Crippen LogP contribution is -2.34. The molecule has 2 heterocycles. The Morgan fingerprint density at radius 3 is 2.38 bits per heavy atom.